The van der Waals surface area contributed by atoms with Gasteiger partial charge in [-0.25, -0.2) is 0 Å². The van der Waals surface area contributed by atoms with Crippen LogP contribution in [0.15, 0.2) is 79.3 Å². The summed E-state index contributed by atoms with van der Waals surface area (Å²) in [4.78, 5) is 20.6. The van der Waals surface area contributed by atoms with E-state index in [1.165, 1.54) is 0 Å². The van der Waals surface area contributed by atoms with Crippen LogP contribution in [0.3, 0.4) is 0 Å². The van der Waals surface area contributed by atoms with Crippen molar-refractivity contribution in [1.82, 2.24) is 20.6 Å². The number of rotatable bonds is 8. The van der Waals surface area contributed by atoms with Crippen molar-refractivity contribution in [1.29, 1.82) is 0 Å². The normalized spacial score (nSPS) is 16.1. The average Bonchev–Trinajstić information content (AvgIpc) is 3.29. The zero-order chi connectivity index (χ0) is 24.0. The van der Waals surface area contributed by atoms with E-state index in [1.54, 1.807) is 12.3 Å². The SMILES string of the molecule is O=C(NC(CO[C@@H](c1ccncc1)C1CCNCC1)c1ccccc1)c1ccc2c(Cl)c[nH]c2c1. The van der Waals surface area contributed by atoms with Crippen LogP contribution in [-0.4, -0.2) is 35.6 Å². The van der Waals surface area contributed by atoms with Gasteiger partial charge in [0, 0.05) is 35.1 Å². The monoisotopic (exact) mass is 488 g/mol. The molecule has 0 bridgehead atoms. The summed E-state index contributed by atoms with van der Waals surface area (Å²) < 4.78 is 6.60. The third-order valence-corrected chi connectivity index (χ3v) is 7.00. The van der Waals surface area contributed by atoms with E-state index >= 15 is 0 Å². The van der Waals surface area contributed by atoms with Gasteiger partial charge in [-0.05, 0) is 67.2 Å². The maximum Gasteiger partial charge on any atom is 0.251 e. The molecule has 1 saturated heterocycles. The lowest BCUT2D eigenvalue weighted by molar-refractivity contribution is -0.00988. The molecule has 1 aliphatic rings. The number of H-pyrrole nitrogens is 1. The Balaban J connectivity index is 1.36. The smallest absolute Gasteiger partial charge is 0.251 e. The Bertz CT molecular complexity index is 1260. The van der Waals surface area contributed by atoms with Gasteiger partial charge in [0.15, 0.2) is 0 Å². The highest BCUT2D eigenvalue weighted by Gasteiger charge is 2.27. The maximum atomic E-state index is 13.3. The number of piperidine rings is 1. The number of ether oxygens (including phenoxy) is 1. The molecule has 4 aromatic rings. The summed E-state index contributed by atoms with van der Waals surface area (Å²) in [6, 6.07) is 19.2. The number of nitrogens with one attached hydrogen (secondary N) is 3. The van der Waals surface area contributed by atoms with Crippen molar-refractivity contribution in [2.45, 2.75) is 25.0 Å². The van der Waals surface area contributed by atoms with Gasteiger partial charge in [-0.1, -0.05) is 48.0 Å². The fourth-order valence-corrected chi connectivity index (χ4v) is 5.00. The summed E-state index contributed by atoms with van der Waals surface area (Å²) in [6.07, 6.45) is 7.40. The first-order valence-corrected chi connectivity index (χ1v) is 12.4. The van der Waals surface area contributed by atoms with Gasteiger partial charge in [-0.15, -0.1) is 0 Å². The molecule has 3 N–H and O–H groups in total. The average molecular weight is 489 g/mol. The maximum absolute atomic E-state index is 13.3. The molecule has 2 aromatic carbocycles. The van der Waals surface area contributed by atoms with Crippen LogP contribution in [0.4, 0.5) is 0 Å². The molecule has 1 fully saturated rings. The Hall–Kier alpha value is -3.19. The summed E-state index contributed by atoms with van der Waals surface area (Å²) in [5.74, 6) is 0.253. The first-order chi connectivity index (χ1) is 17.2. The largest absolute Gasteiger partial charge is 0.371 e. The number of benzene rings is 2. The van der Waals surface area contributed by atoms with E-state index in [0.717, 1.165) is 48.0 Å². The third-order valence-electron chi connectivity index (χ3n) is 6.69. The van der Waals surface area contributed by atoms with E-state index in [1.807, 2.05) is 67.0 Å². The Kier molecular flexibility index (Phi) is 7.42. The summed E-state index contributed by atoms with van der Waals surface area (Å²) in [6.45, 7) is 2.34. The van der Waals surface area contributed by atoms with E-state index < -0.39 is 0 Å². The minimum absolute atomic E-state index is 0.0550. The molecule has 1 unspecified atom stereocenters. The van der Waals surface area contributed by atoms with Crippen molar-refractivity contribution < 1.29 is 9.53 Å². The summed E-state index contributed by atoms with van der Waals surface area (Å²) in [5.41, 5.74) is 3.53. The van der Waals surface area contributed by atoms with Crippen molar-refractivity contribution in [3.63, 3.8) is 0 Å². The Morgan fingerprint density at radius 3 is 2.60 bits per heavy atom. The van der Waals surface area contributed by atoms with Gasteiger partial charge in [-0.2, -0.15) is 0 Å². The molecule has 2 aromatic heterocycles. The molecular formula is C28H29ClN4O2. The van der Waals surface area contributed by atoms with E-state index in [0.29, 0.717) is 23.1 Å². The quantitative estimate of drug-likeness (QED) is 0.308. The van der Waals surface area contributed by atoms with Crippen LogP contribution in [0.2, 0.25) is 5.02 Å². The highest BCUT2D eigenvalue weighted by Crippen LogP contribution is 2.33. The minimum Gasteiger partial charge on any atom is -0.371 e. The van der Waals surface area contributed by atoms with Crippen molar-refractivity contribution >= 4 is 28.4 Å². The third kappa shape index (κ3) is 5.56. The lowest BCUT2D eigenvalue weighted by atomic mass is 9.88. The number of halogens is 1. The number of hydrogen-bond acceptors (Lipinski definition) is 4. The molecule has 7 heteroatoms. The van der Waals surface area contributed by atoms with Crippen LogP contribution in [0.25, 0.3) is 10.9 Å². The molecule has 2 atom stereocenters. The number of carbonyl (C=O) groups is 1. The highest BCUT2D eigenvalue weighted by atomic mass is 35.5. The molecule has 0 saturated carbocycles. The molecule has 1 aliphatic heterocycles. The van der Waals surface area contributed by atoms with Crippen molar-refractivity contribution in [2.75, 3.05) is 19.7 Å². The number of hydrogen-bond donors (Lipinski definition) is 3. The molecule has 180 valence electrons. The van der Waals surface area contributed by atoms with E-state index in [4.69, 9.17) is 16.3 Å². The first-order valence-electron chi connectivity index (χ1n) is 12.0. The zero-order valence-electron chi connectivity index (χ0n) is 19.4. The van der Waals surface area contributed by atoms with Crippen LogP contribution in [0.1, 0.15) is 46.5 Å². The molecule has 35 heavy (non-hydrogen) atoms. The number of carbonyl (C=O) groups excluding carboxylic acids is 1. The van der Waals surface area contributed by atoms with Gasteiger partial charge in [0.2, 0.25) is 0 Å². The fraction of sp³-hybridized carbons (Fsp3) is 0.286. The Morgan fingerprint density at radius 1 is 1.06 bits per heavy atom. The molecule has 0 aliphatic carbocycles. The summed E-state index contributed by atoms with van der Waals surface area (Å²) in [7, 11) is 0. The van der Waals surface area contributed by atoms with Crippen molar-refractivity contribution in [3.05, 3.63) is 101 Å². The zero-order valence-corrected chi connectivity index (χ0v) is 20.2. The predicted molar refractivity (Wildman–Crippen MR) is 138 cm³/mol. The molecular weight excluding hydrogens is 460 g/mol. The van der Waals surface area contributed by atoms with E-state index in [2.05, 4.69) is 20.6 Å². The molecule has 3 heterocycles. The lowest BCUT2D eigenvalue weighted by Crippen LogP contribution is -2.35. The Labute approximate surface area is 210 Å². The summed E-state index contributed by atoms with van der Waals surface area (Å²) in [5, 5.41) is 8.17. The number of amides is 1. The van der Waals surface area contributed by atoms with Gasteiger partial charge in [0.25, 0.3) is 5.91 Å². The number of pyridine rings is 1. The van der Waals surface area contributed by atoms with Crippen LogP contribution >= 0.6 is 11.6 Å². The van der Waals surface area contributed by atoms with E-state index in [9.17, 15) is 4.79 Å². The standard InChI is InChI=1S/C28H29ClN4O2/c29-24-17-32-25-16-22(6-7-23(24)25)28(34)33-26(19-4-2-1-3-5-19)18-35-27(20-8-12-30-13-9-20)21-10-14-31-15-11-21/h1-9,12-13,16-17,21,26-27,31-32H,10-11,14-15,18H2,(H,33,34)/t26?,27-/m0/s1. The molecule has 6 nitrogen and oxygen atoms in total. The molecule has 1 amide bonds. The van der Waals surface area contributed by atoms with Crippen LogP contribution < -0.4 is 10.6 Å². The molecule has 0 radical (unpaired) electrons. The number of nitrogens with zero attached hydrogens (tertiary/aromatic N) is 1. The van der Waals surface area contributed by atoms with Gasteiger partial charge in [0.05, 0.1) is 23.8 Å². The van der Waals surface area contributed by atoms with Gasteiger partial charge >= 0.3 is 0 Å². The van der Waals surface area contributed by atoms with Gasteiger partial charge < -0.3 is 20.4 Å². The van der Waals surface area contributed by atoms with Crippen molar-refractivity contribution in [2.24, 2.45) is 5.92 Å². The highest BCUT2D eigenvalue weighted by molar-refractivity contribution is 6.35. The second kappa shape index (κ2) is 11.0. The molecule has 5 rings (SSSR count). The summed E-state index contributed by atoms with van der Waals surface area (Å²) >= 11 is 6.20. The lowest BCUT2D eigenvalue weighted by Gasteiger charge is -2.32. The fourth-order valence-electron chi connectivity index (χ4n) is 4.78. The topological polar surface area (TPSA) is 79.0 Å². The van der Waals surface area contributed by atoms with Crippen LogP contribution in [0, 0.1) is 5.92 Å². The van der Waals surface area contributed by atoms with Crippen LogP contribution in [-0.2, 0) is 4.74 Å². The predicted octanol–water partition coefficient (Wildman–Crippen LogP) is 5.44. The van der Waals surface area contributed by atoms with Crippen molar-refractivity contribution in [3.8, 4) is 0 Å². The second-order valence-electron chi connectivity index (χ2n) is 8.96. The number of fused-ring (bicyclic) bond motifs is 1. The second-order valence-corrected chi connectivity index (χ2v) is 9.36. The first kappa shape index (κ1) is 23.5. The van der Waals surface area contributed by atoms with E-state index in [-0.39, 0.29) is 18.1 Å². The van der Waals surface area contributed by atoms with Crippen LogP contribution in [0.5, 0.6) is 0 Å². The Morgan fingerprint density at radius 2 is 1.83 bits per heavy atom. The van der Waals surface area contributed by atoms with Gasteiger partial charge in [0.1, 0.15) is 0 Å². The van der Waals surface area contributed by atoms with Gasteiger partial charge in [-0.3, -0.25) is 9.78 Å². The minimum atomic E-state index is -0.294. The molecule has 0 spiro atoms. The number of aromatic nitrogens is 2. The number of aromatic amines is 1.